The maximum atomic E-state index is 4.80. The highest BCUT2D eigenvalue weighted by Gasteiger charge is 2.39. The molecule has 2 aliphatic carbocycles. The molecule has 2 saturated carbocycles. The third-order valence-electron chi connectivity index (χ3n) is 5.64. The number of hydrogen-bond acceptors (Lipinski definition) is 3. The molecule has 0 amide bonds. The van der Waals surface area contributed by atoms with Crippen molar-refractivity contribution in [1.82, 2.24) is 10.3 Å². The van der Waals surface area contributed by atoms with Crippen LogP contribution in [0.1, 0.15) is 37.1 Å². The number of nitrogens with zero attached hydrogens (tertiary/aromatic N) is 1. The number of para-hydroxylation sites is 1. The number of hydrogen-bond donors (Lipinski definition) is 1. The summed E-state index contributed by atoms with van der Waals surface area (Å²) in [6, 6.07) is 9.08. The fourth-order valence-corrected chi connectivity index (χ4v) is 5.60. The van der Waals surface area contributed by atoms with Crippen molar-refractivity contribution in [2.45, 2.75) is 44.6 Å². The molecule has 3 heteroatoms. The van der Waals surface area contributed by atoms with Crippen LogP contribution in [0.2, 0.25) is 0 Å². The van der Waals surface area contributed by atoms with Gasteiger partial charge >= 0.3 is 0 Å². The predicted molar refractivity (Wildman–Crippen MR) is 89.7 cm³/mol. The van der Waals surface area contributed by atoms with Gasteiger partial charge in [0.05, 0.1) is 15.2 Å². The van der Waals surface area contributed by atoms with Gasteiger partial charge in [0.2, 0.25) is 0 Å². The van der Waals surface area contributed by atoms with Gasteiger partial charge in [0.1, 0.15) is 0 Å². The molecule has 0 radical (unpaired) electrons. The molecule has 0 spiro atoms. The van der Waals surface area contributed by atoms with Gasteiger partial charge in [-0.2, -0.15) is 0 Å². The molecule has 1 N–H and O–H groups in total. The van der Waals surface area contributed by atoms with Crippen molar-refractivity contribution in [2.75, 3.05) is 7.05 Å². The maximum absolute atomic E-state index is 4.80. The highest BCUT2D eigenvalue weighted by Crippen LogP contribution is 2.50. The van der Waals surface area contributed by atoms with Crippen LogP contribution in [-0.2, 0) is 6.42 Å². The number of aromatic nitrogens is 1. The predicted octanol–water partition coefficient (Wildman–Crippen LogP) is 4.25. The second-order valence-electron chi connectivity index (χ2n) is 6.94. The maximum Gasteiger partial charge on any atom is 0.0954 e. The van der Waals surface area contributed by atoms with Crippen molar-refractivity contribution >= 4 is 21.6 Å². The van der Waals surface area contributed by atoms with Gasteiger partial charge in [0, 0.05) is 12.5 Å². The SMILES string of the molecule is CNC(Cc1nc2ccccc2s1)CC1CC2CCC1C2. The molecule has 2 aliphatic rings. The Morgan fingerprint density at radius 2 is 2.19 bits per heavy atom. The fourth-order valence-electron chi connectivity index (χ4n) is 4.55. The summed E-state index contributed by atoms with van der Waals surface area (Å²) < 4.78 is 1.32. The molecule has 0 saturated heterocycles. The molecule has 112 valence electrons. The summed E-state index contributed by atoms with van der Waals surface area (Å²) in [5, 5.41) is 4.84. The summed E-state index contributed by atoms with van der Waals surface area (Å²) in [6.45, 7) is 0. The standard InChI is InChI=1S/C18H24N2S/c1-19-15(10-14-9-12-6-7-13(14)8-12)11-18-20-16-4-2-3-5-17(16)21-18/h2-5,12-15,19H,6-11H2,1H3. The molecule has 21 heavy (non-hydrogen) atoms. The molecule has 1 heterocycles. The Kier molecular flexibility index (Phi) is 3.72. The lowest BCUT2D eigenvalue weighted by molar-refractivity contribution is 0.281. The van der Waals surface area contributed by atoms with Crippen LogP contribution in [0.25, 0.3) is 10.2 Å². The van der Waals surface area contributed by atoms with E-state index in [1.54, 1.807) is 0 Å². The number of likely N-dealkylation sites (N-methyl/N-ethyl adjacent to an activating group) is 1. The van der Waals surface area contributed by atoms with Gasteiger partial charge in [-0.1, -0.05) is 18.6 Å². The van der Waals surface area contributed by atoms with Gasteiger partial charge in [0.25, 0.3) is 0 Å². The van der Waals surface area contributed by atoms with E-state index in [1.165, 1.54) is 41.8 Å². The lowest BCUT2D eigenvalue weighted by Crippen LogP contribution is -2.31. The van der Waals surface area contributed by atoms with E-state index in [2.05, 4.69) is 36.6 Å². The van der Waals surface area contributed by atoms with E-state index in [0.717, 1.165) is 29.7 Å². The zero-order valence-corrected chi connectivity index (χ0v) is 13.5. The average molecular weight is 300 g/mol. The zero-order valence-electron chi connectivity index (χ0n) is 12.7. The first-order valence-corrected chi connectivity index (χ1v) is 9.15. The van der Waals surface area contributed by atoms with Gasteiger partial charge in [-0.05, 0) is 62.6 Å². The summed E-state index contributed by atoms with van der Waals surface area (Å²) in [7, 11) is 2.12. The van der Waals surface area contributed by atoms with Crippen molar-refractivity contribution in [3.63, 3.8) is 0 Å². The van der Waals surface area contributed by atoms with E-state index in [9.17, 15) is 0 Å². The third kappa shape index (κ3) is 2.74. The molecular formula is C18H24N2S. The van der Waals surface area contributed by atoms with Crippen LogP contribution in [0.15, 0.2) is 24.3 Å². The van der Waals surface area contributed by atoms with Crippen molar-refractivity contribution < 1.29 is 0 Å². The minimum Gasteiger partial charge on any atom is -0.317 e. The highest BCUT2D eigenvalue weighted by molar-refractivity contribution is 7.18. The van der Waals surface area contributed by atoms with Gasteiger partial charge in [-0.25, -0.2) is 4.98 Å². The molecule has 4 rings (SSSR count). The first-order chi connectivity index (χ1) is 10.3. The number of rotatable bonds is 5. The van der Waals surface area contributed by atoms with Crippen molar-refractivity contribution in [1.29, 1.82) is 0 Å². The summed E-state index contributed by atoms with van der Waals surface area (Å²) in [4.78, 5) is 4.80. The van der Waals surface area contributed by atoms with Gasteiger partial charge in [-0.15, -0.1) is 11.3 Å². The minimum atomic E-state index is 0.593. The molecule has 1 aromatic heterocycles. The summed E-state index contributed by atoms with van der Waals surface area (Å²) in [5.41, 5.74) is 1.16. The summed E-state index contributed by atoms with van der Waals surface area (Å²) >= 11 is 1.86. The quantitative estimate of drug-likeness (QED) is 0.892. The highest BCUT2D eigenvalue weighted by atomic mass is 32.1. The molecule has 1 aromatic carbocycles. The normalized spacial score (nSPS) is 29.3. The molecule has 4 unspecified atom stereocenters. The zero-order chi connectivity index (χ0) is 14.2. The Hall–Kier alpha value is -0.930. The Morgan fingerprint density at radius 3 is 2.90 bits per heavy atom. The molecule has 2 nitrogen and oxygen atoms in total. The average Bonchev–Trinajstić information content (AvgIpc) is 3.20. The monoisotopic (exact) mass is 300 g/mol. The van der Waals surface area contributed by atoms with Crippen LogP contribution in [-0.4, -0.2) is 18.1 Å². The number of thiazole rings is 1. The molecule has 0 aliphatic heterocycles. The first-order valence-electron chi connectivity index (χ1n) is 8.33. The largest absolute Gasteiger partial charge is 0.317 e. The molecule has 4 atom stereocenters. The van der Waals surface area contributed by atoms with Crippen molar-refractivity contribution in [2.24, 2.45) is 17.8 Å². The summed E-state index contributed by atoms with van der Waals surface area (Å²) in [5.74, 6) is 3.05. The van der Waals surface area contributed by atoms with Gasteiger partial charge < -0.3 is 5.32 Å². The van der Waals surface area contributed by atoms with Gasteiger partial charge in [-0.3, -0.25) is 0 Å². The lowest BCUT2D eigenvalue weighted by atomic mass is 9.83. The van der Waals surface area contributed by atoms with Crippen LogP contribution in [0.4, 0.5) is 0 Å². The Bertz CT molecular complexity index is 587. The van der Waals surface area contributed by atoms with Crippen molar-refractivity contribution in [3.8, 4) is 0 Å². The summed E-state index contributed by atoms with van der Waals surface area (Å²) in [6.07, 6.45) is 8.43. The topological polar surface area (TPSA) is 24.9 Å². The first kappa shape index (κ1) is 13.7. The second-order valence-corrected chi connectivity index (χ2v) is 8.05. The fraction of sp³-hybridized carbons (Fsp3) is 0.611. The van der Waals surface area contributed by atoms with E-state index in [1.807, 2.05) is 11.3 Å². The Morgan fingerprint density at radius 1 is 1.29 bits per heavy atom. The van der Waals surface area contributed by atoms with Crippen LogP contribution in [0.3, 0.4) is 0 Å². The Labute approximate surface area is 131 Å². The Balaban J connectivity index is 1.44. The van der Waals surface area contributed by atoms with E-state index >= 15 is 0 Å². The number of nitrogens with one attached hydrogen (secondary N) is 1. The van der Waals surface area contributed by atoms with E-state index in [-0.39, 0.29) is 0 Å². The van der Waals surface area contributed by atoms with E-state index in [0.29, 0.717) is 6.04 Å². The third-order valence-corrected chi connectivity index (χ3v) is 6.70. The molecule has 2 bridgehead atoms. The van der Waals surface area contributed by atoms with Crippen LogP contribution < -0.4 is 5.32 Å². The molecular weight excluding hydrogens is 276 g/mol. The van der Waals surface area contributed by atoms with E-state index < -0.39 is 0 Å². The molecule has 2 fully saturated rings. The second kappa shape index (κ2) is 5.69. The minimum absolute atomic E-state index is 0.593. The number of fused-ring (bicyclic) bond motifs is 3. The molecule has 2 aromatic rings. The van der Waals surface area contributed by atoms with Gasteiger partial charge in [0.15, 0.2) is 0 Å². The van der Waals surface area contributed by atoms with E-state index in [4.69, 9.17) is 4.98 Å². The number of benzene rings is 1. The van der Waals surface area contributed by atoms with Crippen LogP contribution in [0, 0.1) is 17.8 Å². The van der Waals surface area contributed by atoms with Crippen LogP contribution in [0.5, 0.6) is 0 Å². The smallest absolute Gasteiger partial charge is 0.0954 e. The van der Waals surface area contributed by atoms with Crippen LogP contribution >= 0.6 is 11.3 Å². The lowest BCUT2D eigenvalue weighted by Gasteiger charge is -2.26. The van der Waals surface area contributed by atoms with Crippen molar-refractivity contribution in [3.05, 3.63) is 29.3 Å².